The minimum atomic E-state index is 0. The molecular formula is C19H26ClNO2. The summed E-state index contributed by atoms with van der Waals surface area (Å²) < 4.78 is 11.5. The first-order valence-corrected chi connectivity index (χ1v) is 7.57. The molecule has 0 bridgehead atoms. The van der Waals surface area contributed by atoms with Crippen LogP contribution >= 0.6 is 12.4 Å². The number of nitrogens with one attached hydrogen (secondary N) is 1. The fourth-order valence-corrected chi connectivity index (χ4v) is 2.12. The van der Waals surface area contributed by atoms with Gasteiger partial charge in [0.15, 0.2) is 11.5 Å². The lowest BCUT2D eigenvalue weighted by atomic mass is 10.1. The fourth-order valence-electron chi connectivity index (χ4n) is 2.12. The highest BCUT2D eigenvalue weighted by molar-refractivity contribution is 5.85. The molecule has 0 unspecified atom stereocenters. The van der Waals surface area contributed by atoms with Gasteiger partial charge in [0, 0.05) is 17.6 Å². The smallest absolute Gasteiger partial charge is 0.166 e. The highest BCUT2D eigenvalue weighted by atomic mass is 35.5. The van der Waals surface area contributed by atoms with Gasteiger partial charge < -0.3 is 14.8 Å². The quantitative estimate of drug-likeness (QED) is 0.837. The summed E-state index contributed by atoms with van der Waals surface area (Å²) in [4.78, 5) is 0. The summed E-state index contributed by atoms with van der Waals surface area (Å²) in [5.74, 6) is 1.58. The van der Waals surface area contributed by atoms with E-state index in [1.807, 2.05) is 30.3 Å². The summed E-state index contributed by atoms with van der Waals surface area (Å²) in [5, 5.41) is 3.49. The molecule has 4 heteroatoms. The normalized spacial score (nSPS) is 10.8. The molecular weight excluding hydrogens is 310 g/mol. The zero-order chi connectivity index (χ0) is 16.0. The Labute approximate surface area is 145 Å². The predicted octanol–water partition coefficient (Wildman–Crippen LogP) is 4.58. The van der Waals surface area contributed by atoms with E-state index in [-0.39, 0.29) is 17.9 Å². The van der Waals surface area contributed by atoms with E-state index < -0.39 is 0 Å². The van der Waals surface area contributed by atoms with Crippen molar-refractivity contribution < 1.29 is 9.47 Å². The Morgan fingerprint density at radius 1 is 0.957 bits per heavy atom. The van der Waals surface area contributed by atoms with E-state index in [1.165, 1.54) is 0 Å². The van der Waals surface area contributed by atoms with Crippen molar-refractivity contribution in [2.24, 2.45) is 0 Å². The van der Waals surface area contributed by atoms with Crippen molar-refractivity contribution >= 4 is 12.4 Å². The van der Waals surface area contributed by atoms with Gasteiger partial charge >= 0.3 is 0 Å². The van der Waals surface area contributed by atoms with Crippen molar-refractivity contribution in [3.63, 3.8) is 0 Å². The molecule has 3 nitrogen and oxygen atoms in total. The zero-order valence-corrected chi connectivity index (χ0v) is 15.1. The molecule has 0 saturated heterocycles. The standard InChI is InChI=1S/C19H25NO2.ClH/c1-19(2,3)20-13-16-11-8-12-17(21-4)18(16)22-14-15-9-6-5-7-10-15;/h5-12,20H,13-14H2,1-4H3;1H. The summed E-state index contributed by atoms with van der Waals surface area (Å²) in [5.41, 5.74) is 2.30. The van der Waals surface area contributed by atoms with Crippen LogP contribution < -0.4 is 14.8 Å². The van der Waals surface area contributed by atoms with Crippen molar-refractivity contribution in [3.8, 4) is 11.5 Å². The van der Waals surface area contributed by atoms with Crippen LogP contribution in [0.15, 0.2) is 48.5 Å². The Morgan fingerprint density at radius 3 is 2.26 bits per heavy atom. The Bertz CT molecular complexity index is 594. The van der Waals surface area contributed by atoms with E-state index in [1.54, 1.807) is 7.11 Å². The van der Waals surface area contributed by atoms with Crippen LogP contribution in [-0.4, -0.2) is 12.6 Å². The average Bonchev–Trinajstić information content (AvgIpc) is 2.51. The van der Waals surface area contributed by atoms with E-state index in [4.69, 9.17) is 9.47 Å². The molecule has 126 valence electrons. The van der Waals surface area contributed by atoms with Gasteiger partial charge in [-0.05, 0) is 32.4 Å². The molecule has 0 heterocycles. The van der Waals surface area contributed by atoms with Gasteiger partial charge in [-0.3, -0.25) is 0 Å². The van der Waals surface area contributed by atoms with Gasteiger partial charge in [0.1, 0.15) is 6.61 Å². The van der Waals surface area contributed by atoms with Gasteiger partial charge in [0.05, 0.1) is 7.11 Å². The average molecular weight is 336 g/mol. The largest absolute Gasteiger partial charge is 0.493 e. The number of para-hydroxylation sites is 1. The van der Waals surface area contributed by atoms with Gasteiger partial charge in [-0.1, -0.05) is 42.5 Å². The molecule has 0 spiro atoms. The number of rotatable bonds is 6. The van der Waals surface area contributed by atoms with E-state index >= 15 is 0 Å². The van der Waals surface area contributed by atoms with Crippen LogP contribution in [0.1, 0.15) is 31.9 Å². The molecule has 0 aliphatic heterocycles. The van der Waals surface area contributed by atoms with Crippen molar-refractivity contribution in [3.05, 3.63) is 59.7 Å². The maximum atomic E-state index is 6.05. The van der Waals surface area contributed by atoms with Crippen molar-refractivity contribution in [1.82, 2.24) is 5.32 Å². The van der Waals surface area contributed by atoms with Crippen molar-refractivity contribution in [2.75, 3.05) is 7.11 Å². The van der Waals surface area contributed by atoms with Gasteiger partial charge in [0.25, 0.3) is 0 Å². The molecule has 0 amide bonds. The van der Waals surface area contributed by atoms with Crippen LogP contribution in [0.2, 0.25) is 0 Å². The Morgan fingerprint density at radius 2 is 1.65 bits per heavy atom. The molecule has 2 aromatic carbocycles. The second-order valence-electron chi connectivity index (χ2n) is 6.33. The molecule has 0 aliphatic carbocycles. The van der Waals surface area contributed by atoms with Crippen molar-refractivity contribution in [2.45, 2.75) is 39.5 Å². The minimum absolute atomic E-state index is 0. The van der Waals surface area contributed by atoms with Crippen LogP contribution in [0.25, 0.3) is 0 Å². The number of ether oxygens (including phenoxy) is 2. The van der Waals surface area contributed by atoms with E-state index in [0.29, 0.717) is 6.61 Å². The lowest BCUT2D eigenvalue weighted by molar-refractivity contribution is 0.279. The molecule has 0 saturated carbocycles. The highest BCUT2D eigenvalue weighted by Crippen LogP contribution is 2.32. The van der Waals surface area contributed by atoms with Gasteiger partial charge in [-0.15, -0.1) is 12.4 Å². The minimum Gasteiger partial charge on any atom is -0.493 e. The lowest BCUT2D eigenvalue weighted by Crippen LogP contribution is -2.35. The molecule has 0 aromatic heterocycles. The first-order chi connectivity index (χ1) is 10.5. The molecule has 0 radical (unpaired) electrons. The molecule has 23 heavy (non-hydrogen) atoms. The summed E-state index contributed by atoms with van der Waals surface area (Å²) in [6.45, 7) is 7.72. The monoisotopic (exact) mass is 335 g/mol. The maximum Gasteiger partial charge on any atom is 0.166 e. The molecule has 0 fully saturated rings. The zero-order valence-electron chi connectivity index (χ0n) is 14.3. The van der Waals surface area contributed by atoms with Crippen LogP contribution in [0, 0.1) is 0 Å². The summed E-state index contributed by atoms with van der Waals surface area (Å²) in [6.07, 6.45) is 0. The molecule has 1 N–H and O–H groups in total. The number of benzene rings is 2. The predicted molar refractivity (Wildman–Crippen MR) is 97.6 cm³/mol. The van der Waals surface area contributed by atoms with E-state index in [9.17, 15) is 0 Å². The SMILES string of the molecule is COc1cccc(CNC(C)(C)C)c1OCc1ccccc1.Cl. The topological polar surface area (TPSA) is 30.5 Å². The lowest BCUT2D eigenvalue weighted by Gasteiger charge is -2.22. The van der Waals surface area contributed by atoms with Crippen LogP contribution in [0.4, 0.5) is 0 Å². The molecule has 2 aromatic rings. The summed E-state index contributed by atoms with van der Waals surface area (Å²) in [6, 6.07) is 16.2. The first kappa shape index (κ1) is 19.3. The number of hydrogen-bond acceptors (Lipinski definition) is 3. The molecule has 2 rings (SSSR count). The number of halogens is 1. The second kappa shape index (κ2) is 8.80. The van der Waals surface area contributed by atoms with Crippen LogP contribution in [0.3, 0.4) is 0 Å². The third kappa shape index (κ3) is 6.12. The Balaban J connectivity index is 0.00000264. The van der Waals surface area contributed by atoms with Gasteiger partial charge in [-0.2, -0.15) is 0 Å². The summed E-state index contributed by atoms with van der Waals surface area (Å²) >= 11 is 0. The Hall–Kier alpha value is -1.71. The summed E-state index contributed by atoms with van der Waals surface area (Å²) in [7, 11) is 1.67. The molecule has 0 atom stereocenters. The van der Waals surface area contributed by atoms with E-state index in [2.05, 4.69) is 44.3 Å². The van der Waals surface area contributed by atoms with Crippen LogP contribution in [-0.2, 0) is 13.2 Å². The fraction of sp³-hybridized carbons (Fsp3) is 0.368. The second-order valence-corrected chi connectivity index (χ2v) is 6.33. The van der Waals surface area contributed by atoms with Gasteiger partial charge in [-0.25, -0.2) is 0 Å². The Kier molecular flexibility index (Phi) is 7.40. The number of hydrogen-bond donors (Lipinski definition) is 1. The first-order valence-electron chi connectivity index (χ1n) is 7.57. The van der Waals surface area contributed by atoms with Crippen LogP contribution in [0.5, 0.6) is 11.5 Å². The third-order valence-electron chi connectivity index (χ3n) is 3.32. The van der Waals surface area contributed by atoms with Crippen molar-refractivity contribution in [1.29, 1.82) is 0 Å². The molecule has 0 aliphatic rings. The van der Waals surface area contributed by atoms with Gasteiger partial charge in [0.2, 0.25) is 0 Å². The van der Waals surface area contributed by atoms with E-state index in [0.717, 1.165) is 29.2 Å². The third-order valence-corrected chi connectivity index (χ3v) is 3.32. The number of methoxy groups -OCH3 is 1. The maximum absolute atomic E-state index is 6.05. The highest BCUT2D eigenvalue weighted by Gasteiger charge is 2.14.